The molecule has 1 nitrogen and oxygen atoms in total. The van der Waals surface area contributed by atoms with E-state index in [4.69, 9.17) is 5.73 Å². The zero-order valence-electron chi connectivity index (χ0n) is 9.57. The van der Waals surface area contributed by atoms with Gasteiger partial charge in [-0.3, -0.25) is 0 Å². The highest BCUT2D eigenvalue weighted by atomic mass is 14.6. The second-order valence-electron chi connectivity index (χ2n) is 4.37. The van der Waals surface area contributed by atoms with E-state index < -0.39 is 0 Å². The standard InChI is InChI=1S/C8H17N.C3H8/c1-6(7(2)9)8(3,4)5;1-3-2/h6H,2,9H2,1,3-5H3;3H2,1-2H3. The van der Waals surface area contributed by atoms with Gasteiger partial charge in [-0.25, -0.2) is 0 Å². The van der Waals surface area contributed by atoms with Gasteiger partial charge in [0.1, 0.15) is 0 Å². The molecule has 1 heteroatoms. The minimum absolute atomic E-state index is 0.256. The summed E-state index contributed by atoms with van der Waals surface area (Å²) in [6.07, 6.45) is 1.25. The molecule has 0 amide bonds. The molecule has 0 radical (unpaired) electrons. The van der Waals surface area contributed by atoms with Crippen molar-refractivity contribution in [3.63, 3.8) is 0 Å². The maximum absolute atomic E-state index is 5.53. The minimum Gasteiger partial charge on any atom is -0.402 e. The number of hydrogen-bond donors (Lipinski definition) is 1. The fourth-order valence-electron chi connectivity index (χ4n) is 0.556. The molecule has 0 spiro atoms. The Balaban J connectivity index is 0. The predicted octanol–water partition coefficient (Wildman–Crippen LogP) is 3.56. The molecular formula is C11H25N. The van der Waals surface area contributed by atoms with Crippen LogP contribution in [-0.4, -0.2) is 0 Å². The van der Waals surface area contributed by atoms with E-state index in [0.717, 1.165) is 5.70 Å². The highest BCUT2D eigenvalue weighted by Gasteiger charge is 2.20. The molecule has 0 fully saturated rings. The average Bonchev–Trinajstić information content (AvgIpc) is 1.85. The maximum Gasteiger partial charge on any atom is 0.00415 e. The monoisotopic (exact) mass is 171 g/mol. The minimum atomic E-state index is 0.256. The van der Waals surface area contributed by atoms with Crippen molar-refractivity contribution < 1.29 is 0 Å². The third kappa shape index (κ3) is 7.64. The molecule has 74 valence electrons. The Morgan fingerprint density at radius 2 is 1.58 bits per heavy atom. The van der Waals surface area contributed by atoms with Crippen LogP contribution in [0.15, 0.2) is 12.3 Å². The lowest BCUT2D eigenvalue weighted by Crippen LogP contribution is -2.22. The lowest BCUT2D eigenvalue weighted by molar-refractivity contribution is 0.299. The molecule has 2 N–H and O–H groups in total. The fourth-order valence-corrected chi connectivity index (χ4v) is 0.556. The summed E-state index contributed by atoms with van der Waals surface area (Å²) >= 11 is 0. The number of hydrogen-bond acceptors (Lipinski definition) is 1. The van der Waals surface area contributed by atoms with Crippen LogP contribution in [0.2, 0.25) is 0 Å². The van der Waals surface area contributed by atoms with Crippen LogP contribution in [0.1, 0.15) is 48.0 Å². The van der Waals surface area contributed by atoms with Gasteiger partial charge in [0.05, 0.1) is 0 Å². The van der Waals surface area contributed by atoms with E-state index in [1.165, 1.54) is 6.42 Å². The van der Waals surface area contributed by atoms with Crippen LogP contribution in [-0.2, 0) is 0 Å². The zero-order chi connectivity index (χ0) is 10.4. The SMILES string of the molecule is C=C(N)C(C)C(C)(C)C.CCC. The first-order valence-electron chi connectivity index (χ1n) is 4.71. The molecule has 0 aliphatic carbocycles. The van der Waals surface area contributed by atoms with Crippen LogP contribution >= 0.6 is 0 Å². The van der Waals surface area contributed by atoms with Crippen LogP contribution < -0.4 is 5.73 Å². The molecule has 0 heterocycles. The Bertz CT molecular complexity index is 119. The van der Waals surface area contributed by atoms with Gasteiger partial charge in [-0.1, -0.05) is 54.5 Å². The highest BCUT2D eigenvalue weighted by Crippen LogP contribution is 2.27. The van der Waals surface area contributed by atoms with Gasteiger partial charge in [0.2, 0.25) is 0 Å². The van der Waals surface area contributed by atoms with E-state index in [1.54, 1.807) is 0 Å². The van der Waals surface area contributed by atoms with Crippen molar-refractivity contribution in [3.05, 3.63) is 12.3 Å². The maximum atomic E-state index is 5.53. The van der Waals surface area contributed by atoms with E-state index in [0.29, 0.717) is 5.92 Å². The molecule has 0 bridgehead atoms. The van der Waals surface area contributed by atoms with Crippen molar-refractivity contribution in [1.82, 2.24) is 0 Å². The van der Waals surface area contributed by atoms with Gasteiger partial charge in [0.25, 0.3) is 0 Å². The molecule has 0 aromatic heterocycles. The molecule has 0 aromatic carbocycles. The first kappa shape index (κ1) is 14.1. The molecule has 12 heavy (non-hydrogen) atoms. The third-order valence-electron chi connectivity index (χ3n) is 1.86. The number of allylic oxidation sites excluding steroid dienone is 1. The Morgan fingerprint density at radius 1 is 1.33 bits per heavy atom. The van der Waals surface area contributed by atoms with Crippen LogP contribution in [0.5, 0.6) is 0 Å². The van der Waals surface area contributed by atoms with Gasteiger partial charge < -0.3 is 5.73 Å². The fraction of sp³-hybridized carbons (Fsp3) is 0.818. The van der Waals surface area contributed by atoms with Gasteiger partial charge in [-0.05, 0) is 11.3 Å². The van der Waals surface area contributed by atoms with Crippen molar-refractivity contribution in [2.75, 3.05) is 0 Å². The van der Waals surface area contributed by atoms with Crippen LogP contribution in [0, 0.1) is 11.3 Å². The molecule has 1 unspecified atom stereocenters. The predicted molar refractivity (Wildman–Crippen MR) is 57.9 cm³/mol. The summed E-state index contributed by atoms with van der Waals surface area (Å²) in [6, 6.07) is 0. The molecule has 0 saturated carbocycles. The zero-order valence-corrected chi connectivity index (χ0v) is 9.57. The summed E-state index contributed by atoms with van der Waals surface area (Å²) in [4.78, 5) is 0. The Morgan fingerprint density at radius 3 is 1.58 bits per heavy atom. The van der Waals surface area contributed by atoms with Crippen molar-refractivity contribution in [2.45, 2.75) is 48.0 Å². The third-order valence-corrected chi connectivity index (χ3v) is 1.86. The molecule has 0 rings (SSSR count). The van der Waals surface area contributed by atoms with E-state index in [2.05, 4.69) is 48.1 Å². The van der Waals surface area contributed by atoms with E-state index in [1.807, 2.05) is 0 Å². The van der Waals surface area contributed by atoms with Crippen molar-refractivity contribution >= 4 is 0 Å². The Kier molecular flexibility index (Phi) is 7.16. The van der Waals surface area contributed by atoms with Gasteiger partial charge >= 0.3 is 0 Å². The van der Waals surface area contributed by atoms with Gasteiger partial charge in [0.15, 0.2) is 0 Å². The molecule has 0 aliphatic rings. The quantitative estimate of drug-likeness (QED) is 0.641. The number of nitrogens with two attached hydrogens (primary N) is 1. The average molecular weight is 171 g/mol. The lowest BCUT2D eigenvalue weighted by atomic mass is 9.81. The largest absolute Gasteiger partial charge is 0.402 e. The Labute approximate surface area is 78.0 Å². The van der Waals surface area contributed by atoms with Crippen LogP contribution in [0.25, 0.3) is 0 Å². The summed E-state index contributed by atoms with van der Waals surface area (Å²) < 4.78 is 0. The van der Waals surface area contributed by atoms with E-state index in [-0.39, 0.29) is 5.41 Å². The molecule has 0 saturated heterocycles. The van der Waals surface area contributed by atoms with E-state index in [9.17, 15) is 0 Å². The summed E-state index contributed by atoms with van der Waals surface area (Å²) in [5.41, 5.74) is 6.56. The summed E-state index contributed by atoms with van der Waals surface area (Å²) in [5, 5.41) is 0. The highest BCUT2D eigenvalue weighted by molar-refractivity contribution is 4.97. The van der Waals surface area contributed by atoms with Gasteiger partial charge in [-0.2, -0.15) is 0 Å². The smallest absolute Gasteiger partial charge is 0.00415 e. The van der Waals surface area contributed by atoms with Crippen LogP contribution in [0.4, 0.5) is 0 Å². The van der Waals surface area contributed by atoms with Crippen molar-refractivity contribution in [3.8, 4) is 0 Å². The lowest BCUT2D eigenvalue weighted by Gasteiger charge is -2.26. The van der Waals surface area contributed by atoms with Crippen molar-refractivity contribution in [1.29, 1.82) is 0 Å². The van der Waals surface area contributed by atoms with Crippen LogP contribution in [0.3, 0.4) is 0 Å². The molecule has 0 aliphatic heterocycles. The number of rotatable bonds is 1. The summed E-state index contributed by atoms with van der Waals surface area (Å²) in [7, 11) is 0. The molecular weight excluding hydrogens is 146 g/mol. The van der Waals surface area contributed by atoms with Crippen molar-refractivity contribution in [2.24, 2.45) is 17.1 Å². The normalized spacial score (nSPS) is 12.8. The first-order chi connectivity index (χ1) is 5.27. The first-order valence-corrected chi connectivity index (χ1v) is 4.71. The summed E-state index contributed by atoms with van der Waals surface area (Å²) in [6.45, 7) is 16.5. The topological polar surface area (TPSA) is 26.0 Å². The van der Waals surface area contributed by atoms with E-state index >= 15 is 0 Å². The summed E-state index contributed by atoms with van der Waals surface area (Å²) in [5.74, 6) is 0.400. The Hall–Kier alpha value is -0.460. The van der Waals surface area contributed by atoms with Gasteiger partial charge in [0, 0.05) is 5.70 Å². The van der Waals surface area contributed by atoms with Gasteiger partial charge in [-0.15, -0.1) is 0 Å². The second kappa shape index (κ2) is 6.10. The second-order valence-corrected chi connectivity index (χ2v) is 4.37. The molecule has 1 atom stereocenters. The molecule has 0 aromatic rings.